The molecular weight excluding hydrogens is 668 g/mol. The van der Waals surface area contributed by atoms with Crippen molar-refractivity contribution in [2.45, 2.75) is 99.6 Å². The molecule has 0 saturated carbocycles. The predicted octanol–water partition coefficient (Wildman–Crippen LogP) is -0.671. The molecule has 0 aromatic rings. The molecule has 0 spiro atoms. The molecule has 2 heterocycles. The first-order chi connectivity index (χ1) is 21.1. The molecule has 0 aromatic heterocycles. The maximum Gasteiger partial charge on any atom is 0.351 e. The van der Waals surface area contributed by atoms with E-state index < -0.39 is 103 Å². The van der Waals surface area contributed by atoms with Crippen LogP contribution in [0.25, 0.3) is 0 Å². The number of carboxylic acid groups (broad SMARTS) is 4. The maximum atomic E-state index is 12.7. The number of nitrogens with zero attached hydrogens (tertiary/aromatic N) is 2. The van der Waals surface area contributed by atoms with Crippen molar-refractivity contribution in [3.63, 3.8) is 0 Å². The van der Waals surface area contributed by atoms with E-state index in [0.29, 0.717) is 12.8 Å². The van der Waals surface area contributed by atoms with E-state index in [-0.39, 0.29) is 48.3 Å². The van der Waals surface area contributed by atoms with Crippen LogP contribution in [0.2, 0.25) is 0 Å². The number of likely N-dealkylation sites (tertiary alicyclic amines) is 2. The topological polar surface area (TPSA) is 333 Å². The van der Waals surface area contributed by atoms with Crippen molar-refractivity contribution in [1.29, 1.82) is 0 Å². The predicted molar refractivity (Wildman–Crippen MR) is 148 cm³/mol. The van der Waals surface area contributed by atoms with Gasteiger partial charge in [-0.25, -0.2) is 14.6 Å². The number of aliphatic carboxylic acids is 4. The van der Waals surface area contributed by atoms with Gasteiger partial charge in [0.2, 0.25) is 17.5 Å². The second-order valence-corrected chi connectivity index (χ2v) is 13.5. The van der Waals surface area contributed by atoms with Gasteiger partial charge >= 0.3 is 23.9 Å². The second-order valence-electron chi connectivity index (χ2n) is 10.3. The third-order valence-electron chi connectivity index (χ3n) is 6.96. The van der Waals surface area contributed by atoms with Crippen molar-refractivity contribution in [3.8, 4) is 0 Å². The van der Waals surface area contributed by atoms with Crippen LogP contribution >= 0.6 is 0 Å². The molecule has 0 aromatic carbocycles. The Kier molecular flexibility index (Phi) is 14.4. The van der Waals surface area contributed by atoms with E-state index in [1.807, 2.05) is 0 Å². The third-order valence-corrected chi connectivity index (χ3v) is 9.13. The van der Waals surface area contributed by atoms with E-state index >= 15 is 0 Å². The van der Waals surface area contributed by atoms with Crippen LogP contribution in [0, 0.1) is 0 Å². The van der Waals surface area contributed by atoms with Crippen LogP contribution in [-0.2, 0) is 58.6 Å². The molecular formula is C24H34N2O18S2. The van der Waals surface area contributed by atoms with Gasteiger partial charge in [0.25, 0.3) is 32.1 Å². The van der Waals surface area contributed by atoms with Gasteiger partial charge in [0.1, 0.15) is 0 Å². The van der Waals surface area contributed by atoms with Crippen LogP contribution in [0.15, 0.2) is 0 Å². The van der Waals surface area contributed by atoms with Crippen LogP contribution in [0.3, 0.4) is 0 Å². The number of carboxylic acids is 4. The zero-order valence-electron chi connectivity index (χ0n) is 24.1. The monoisotopic (exact) mass is 702 g/mol. The van der Waals surface area contributed by atoms with Gasteiger partial charge in [-0.15, -0.1) is 0 Å². The first-order valence-electron chi connectivity index (χ1n) is 13.6. The standard InChI is InChI=1S/C16H20N2O14S2.C8H14O4/c19-10-6-8(33(27,28)29)13(23)17(10)16(15(25)26,5-3-1-2-4-12(21)22)18-11(20)7-9(14(18)24)34(30,31)32;9-7(10)5-3-1-2-4-6-8(11)12/h8-9H,1-7H2,(H,21,22)(H,25,26)(H,27,28,29)(H,30,31,32);1-6H2,(H,9,10)(H,11,12). The molecule has 0 radical (unpaired) electrons. The largest absolute Gasteiger partial charge is 0.481 e. The summed E-state index contributed by atoms with van der Waals surface area (Å²) in [5.41, 5.74) is -3.23. The minimum Gasteiger partial charge on any atom is -0.481 e. The highest BCUT2D eigenvalue weighted by Gasteiger charge is 2.66. The normalized spacial score (nSPS) is 19.9. The van der Waals surface area contributed by atoms with Gasteiger partial charge in [-0.05, 0) is 25.7 Å². The molecule has 2 fully saturated rings. The molecule has 2 rings (SSSR count). The second kappa shape index (κ2) is 16.5. The fraction of sp³-hybridized carbons (Fsp3) is 0.667. The van der Waals surface area contributed by atoms with Crippen molar-refractivity contribution in [2.75, 3.05) is 0 Å². The summed E-state index contributed by atoms with van der Waals surface area (Å²) in [5.74, 6) is -11.4. The molecule has 260 valence electrons. The molecule has 2 unspecified atom stereocenters. The smallest absolute Gasteiger partial charge is 0.351 e. The Morgan fingerprint density at radius 3 is 1.13 bits per heavy atom. The Morgan fingerprint density at radius 1 is 0.587 bits per heavy atom. The quantitative estimate of drug-likeness (QED) is 0.0585. The first kappa shape index (κ1) is 40.0. The van der Waals surface area contributed by atoms with E-state index in [1.165, 1.54) is 0 Å². The fourth-order valence-corrected chi connectivity index (χ4v) is 6.23. The number of carbonyl (C=O) groups is 8. The summed E-state index contributed by atoms with van der Waals surface area (Å²) in [6.45, 7) is 0. The Balaban J connectivity index is 0.000000745. The summed E-state index contributed by atoms with van der Waals surface area (Å²) in [6.07, 6.45) is -0.795. The zero-order valence-corrected chi connectivity index (χ0v) is 25.8. The Labute approximate surface area is 261 Å². The van der Waals surface area contributed by atoms with Crippen molar-refractivity contribution in [3.05, 3.63) is 0 Å². The van der Waals surface area contributed by atoms with E-state index in [2.05, 4.69) is 0 Å². The highest BCUT2D eigenvalue weighted by atomic mass is 32.2. The lowest BCUT2D eigenvalue weighted by Gasteiger charge is -2.42. The van der Waals surface area contributed by atoms with Crippen LogP contribution in [0.1, 0.15) is 83.5 Å². The molecule has 4 amide bonds. The molecule has 20 nitrogen and oxygen atoms in total. The zero-order chi connectivity index (χ0) is 35.6. The number of hydrogen-bond donors (Lipinski definition) is 6. The van der Waals surface area contributed by atoms with Crippen molar-refractivity contribution in [1.82, 2.24) is 9.80 Å². The number of rotatable bonds is 18. The molecule has 22 heteroatoms. The van der Waals surface area contributed by atoms with Crippen LogP contribution in [0.5, 0.6) is 0 Å². The van der Waals surface area contributed by atoms with Crippen molar-refractivity contribution >= 4 is 67.7 Å². The Morgan fingerprint density at radius 2 is 0.891 bits per heavy atom. The van der Waals surface area contributed by atoms with Gasteiger partial charge in [-0.2, -0.15) is 16.8 Å². The molecule has 0 bridgehead atoms. The van der Waals surface area contributed by atoms with E-state index in [1.54, 1.807) is 0 Å². The van der Waals surface area contributed by atoms with Crippen molar-refractivity contribution < 1.29 is 84.7 Å². The number of hydrogen-bond acceptors (Lipinski definition) is 12. The van der Waals surface area contributed by atoms with Gasteiger partial charge in [0, 0.05) is 25.7 Å². The third kappa shape index (κ3) is 10.5. The molecule has 46 heavy (non-hydrogen) atoms. The van der Waals surface area contributed by atoms with Crippen LogP contribution in [-0.4, -0.2) is 120 Å². The lowest BCUT2D eigenvalue weighted by molar-refractivity contribution is -0.184. The summed E-state index contributed by atoms with van der Waals surface area (Å²) >= 11 is 0. The molecule has 2 saturated heterocycles. The van der Waals surface area contributed by atoms with Gasteiger partial charge in [0.05, 0.1) is 12.8 Å². The number of carbonyl (C=O) groups excluding carboxylic acids is 4. The summed E-state index contributed by atoms with van der Waals surface area (Å²) in [6, 6.07) is 0. The van der Waals surface area contributed by atoms with Gasteiger partial charge < -0.3 is 20.4 Å². The summed E-state index contributed by atoms with van der Waals surface area (Å²) in [7, 11) is -10.4. The number of unbranched alkanes of at least 4 members (excludes halogenated alkanes) is 5. The summed E-state index contributed by atoms with van der Waals surface area (Å²) in [5, 5.41) is 30.4. The first-order valence-corrected chi connectivity index (χ1v) is 16.6. The Bertz CT molecular complexity index is 1370. The minimum atomic E-state index is -5.22. The van der Waals surface area contributed by atoms with Crippen molar-refractivity contribution in [2.24, 2.45) is 0 Å². The van der Waals surface area contributed by atoms with Gasteiger partial charge in [0.15, 0.2) is 10.5 Å². The maximum absolute atomic E-state index is 12.7. The lowest BCUT2D eigenvalue weighted by Crippen LogP contribution is -2.69. The average molecular weight is 703 g/mol. The molecule has 2 aliphatic heterocycles. The Hall–Kier alpha value is -4.02. The summed E-state index contributed by atoms with van der Waals surface area (Å²) < 4.78 is 64.6. The molecule has 2 atom stereocenters. The average Bonchev–Trinajstić information content (AvgIpc) is 3.38. The summed E-state index contributed by atoms with van der Waals surface area (Å²) in [4.78, 5) is 93.5. The van der Waals surface area contributed by atoms with Gasteiger partial charge in [-0.3, -0.25) is 42.7 Å². The highest BCUT2D eigenvalue weighted by Crippen LogP contribution is 2.38. The van der Waals surface area contributed by atoms with E-state index in [0.717, 1.165) is 12.8 Å². The number of imide groups is 2. The minimum absolute atomic E-state index is 0.0178. The van der Waals surface area contributed by atoms with Crippen LogP contribution < -0.4 is 0 Å². The molecule has 6 N–H and O–H groups in total. The number of amides is 4. The SMILES string of the molecule is O=C(O)CCCCCC(C(=O)O)(N1C(=O)CC(S(=O)(=O)O)C1=O)N1C(=O)CC(S(=O)(=O)O)C1=O.O=C(O)CCCCCCC(=O)O. The molecule has 0 aliphatic carbocycles. The highest BCUT2D eigenvalue weighted by molar-refractivity contribution is 7.87. The fourth-order valence-electron chi connectivity index (χ4n) is 4.80. The molecule has 2 aliphatic rings. The van der Waals surface area contributed by atoms with E-state index in [4.69, 9.17) is 15.3 Å². The van der Waals surface area contributed by atoms with Crippen LogP contribution in [0.4, 0.5) is 0 Å². The van der Waals surface area contributed by atoms with Gasteiger partial charge in [-0.1, -0.05) is 19.3 Å². The van der Waals surface area contributed by atoms with E-state index in [9.17, 15) is 69.4 Å². The lowest BCUT2D eigenvalue weighted by atomic mass is 9.96.